The van der Waals surface area contributed by atoms with Crippen LogP contribution in [0, 0.1) is 0 Å². The van der Waals surface area contributed by atoms with Crippen LogP contribution in [0.5, 0.6) is 0 Å². The molecule has 0 radical (unpaired) electrons. The molecule has 0 saturated heterocycles. The Bertz CT molecular complexity index is 413. The zero-order chi connectivity index (χ0) is 15.0. The van der Waals surface area contributed by atoms with Gasteiger partial charge >= 0.3 is 0 Å². The van der Waals surface area contributed by atoms with E-state index in [1.54, 1.807) is 6.07 Å². The van der Waals surface area contributed by atoms with Crippen molar-refractivity contribution in [1.82, 2.24) is 9.88 Å². The molecule has 20 heavy (non-hydrogen) atoms. The lowest BCUT2D eigenvalue weighted by Gasteiger charge is -2.20. The standard InChI is InChI=1S/C13H19F2N3O2/c1-2-5-16-10-3-4-11(17-8-10)13(20)18(6-7-19)9-12(14)15/h3-4,8,12,16,19H,2,5-7,9H2,1H3. The average Bonchev–Trinajstić information content (AvgIpc) is 2.44. The summed E-state index contributed by atoms with van der Waals surface area (Å²) in [6.45, 7) is 1.60. The Kier molecular flexibility index (Phi) is 6.86. The van der Waals surface area contributed by atoms with Crippen molar-refractivity contribution < 1.29 is 18.7 Å². The number of amides is 1. The minimum absolute atomic E-state index is 0.0844. The second-order valence-electron chi connectivity index (χ2n) is 4.22. The van der Waals surface area contributed by atoms with Crippen LogP contribution < -0.4 is 5.32 Å². The van der Waals surface area contributed by atoms with E-state index in [9.17, 15) is 13.6 Å². The van der Waals surface area contributed by atoms with Crippen LogP contribution in [0.1, 0.15) is 23.8 Å². The minimum Gasteiger partial charge on any atom is -0.395 e. The lowest BCUT2D eigenvalue weighted by Crippen LogP contribution is -2.37. The SMILES string of the molecule is CCCNc1ccc(C(=O)N(CCO)CC(F)F)nc1. The van der Waals surface area contributed by atoms with E-state index < -0.39 is 18.9 Å². The Labute approximate surface area is 116 Å². The number of carbonyl (C=O) groups excluding carboxylic acids is 1. The average molecular weight is 287 g/mol. The fraction of sp³-hybridized carbons (Fsp3) is 0.538. The normalized spacial score (nSPS) is 10.7. The predicted molar refractivity (Wildman–Crippen MR) is 72.0 cm³/mol. The maximum atomic E-state index is 12.4. The minimum atomic E-state index is -2.64. The van der Waals surface area contributed by atoms with Crippen molar-refractivity contribution in [3.05, 3.63) is 24.0 Å². The molecule has 0 atom stereocenters. The van der Waals surface area contributed by atoms with E-state index in [2.05, 4.69) is 10.3 Å². The Morgan fingerprint density at radius 3 is 2.75 bits per heavy atom. The molecule has 0 saturated carbocycles. The Balaban J connectivity index is 2.73. The topological polar surface area (TPSA) is 65.5 Å². The van der Waals surface area contributed by atoms with Gasteiger partial charge < -0.3 is 15.3 Å². The molecule has 1 aromatic heterocycles. The molecule has 0 aromatic carbocycles. The molecule has 0 spiro atoms. The molecule has 1 heterocycles. The largest absolute Gasteiger partial charge is 0.395 e. The van der Waals surface area contributed by atoms with Gasteiger partial charge in [-0.25, -0.2) is 13.8 Å². The smallest absolute Gasteiger partial charge is 0.272 e. The predicted octanol–water partition coefficient (Wildman–Crippen LogP) is 1.60. The Hall–Kier alpha value is -1.76. The molecule has 1 amide bonds. The van der Waals surface area contributed by atoms with Crippen LogP contribution >= 0.6 is 0 Å². The zero-order valence-electron chi connectivity index (χ0n) is 11.4. The highest BCUT2D eigenvalue weighted by Gasteiger charge is 2.20. The second kappa shape index (κ2) is 8.42. The third-order valence-electron chi connectivity index (χ3n) is 2.58. The molecular formula is C13H19F2N3O2. The lowest BCUT2D eigenvalue weighted by atomic mass is 10.3. The number of nitrogens with zero attached hydrogens (tertiary/aromatic N) is 2. The molecule has 2 N–H and O–H groups in total. The van der Waals surface area contributed by atoms with Crippen LogP contribution in [0.25, 0.3) is 0 Å². The number of hydrogen-bond donors (Lipinski definition) is 2. The number of aliphatic hydroxyl groups excluding tert-OH is 1. The fourth-order valence-corrected chi connectivity index (χ4v) is 1.62. The van der Waals surface area contributed by atoms with Gasteiger partial charge in [0.05, 0.1) is 25.0 Å². The van der Waals surface area contributed by atoms with Crippen LogP contribution in [0.4, 0.5) is 14.5 Å². The van der Waals surface area contributed by atoms with Crippen molar-refractivity contribution in [2.75, 3.05) is 31.6 Å². The van der Waals surface area contributed by atoms with Gasteiger partial charge in [-0.15, -0.1) is 0 Å². The van der Waals surface area contributed by atoms with Crippen molar-refractivity contribution in [2.24, 2.45) is 0 Å². The summed E-state index contributed by atoms with van der Waals surface area (Å²) < 4.78 is 24.8. The Morgan fingerprint density at radius 2 is 2.25 bits per heavy atom. The molecule has 1 aromatic rings. The van der Waals surface area contributed by atoms with Gasteiger partial charge in [-0.3, -0.25) is 4.79 Å². The third-order valence-corrected chi connectivity index (χ3v) is 2.58. The van der Waals surface area contributed by atoms with Gasteiger partial charge in [0.25, 0.3) is 12.3 Å². The third kappa shape index (κ3) is 5.08. The van der Waals surface area contributed by atoms with Gasteiger partial charge in [0.2, 0.25) is 0 Å². The first-order valence-electron chi connectivity index (χ1n) is 6.46. The zero-order valence-corrected chi connectivity index (χ0v) is 11.4. The van der Waals surface area contributed by atoms with Crippen molar-refractivity contribution >= 4 is 11.6 Å². The maximum Gasteiger partial charge on any atom is 0.272 e. The monoisotopic (exact) mass is 287 g/mol. The number of nitrogens with one attached hydrogen (secondary N) is 1. The van der Waals surface area contributed by atoms with Gasteiger partial charge in [0.1, 0.15) is 5.69 Å². The first-order valence-corrected chi connectivity index (χ1v) is 6.46. The summed E-state index contributed by atoms with van der Waals surface area (Å²) in [5.41, 5.74) is 0.854. The number of aliphatic hydroxyl groups is 1. The van der Waals surface area contributed by atoms with Crippen LogP contribution in [0.2, 0.25) is 0 Å². The van der Waals surface area contributed by atoms with E-state index in [0.717, 1.165) is 23.6 Å². The number of pyridine rings is 1. The molecule has 5 nitrogen and oxygen atoms in total. The summed E-state index contributed by atoms with van der Waals surface area (Å²) in [6.07, 6.45) is -0.196. The van der Waals surface area contributed by atoms with E-state index in [4.69, 9.17) is 5.11 Å². The van der Waals surface area contributed by atoms with Crippen molar-refractivity contribution in [1.29, 1.82) is 0 Å². The molecule has 112 valence electrons. The van der Waals surface area contributed by atoms with Gasteiger partial charge in [0.15, 0.2) is 0 Å². The summed E-state index contributed by atoms with van der Waals surface area (Å²) in [5.74, 6) is -0.610. The van der Waals surface area contributed by atoms with E-state index in [0.29, 0.717) is 0 Å². The number of carbonyl (C=O) groups is 1. The maximum absolute atomic E-state index is 12.4. The highest BCUT2D eigenvalue weighted by Crippen LogP contribution is 2.09. The number of alkyl halides is 2. The number of halogens is 2. The summed E-state index contributed by atoms with van der Waals surface area (Å²) in [4.78, 5) is 16.9. The number of rotatable bonds is 8. The second-order valence-corrected chi connectivity index (χ2v) is 4.22. The first-order chi connectivity index (χ1) is 9.58. The van der Waals surface area contributed by atoms with Crippen LogP contribution in [0.15, 0.2) is 18.3 Å². The van der Waals surface area contributed by atoms with Gasteiger partial charge in [-0.2, -0.15) is 0 Å². The molecule has 1 rings (SSSR count). The molecular weight excluding hydrogens is 268 g/mol. The van der Waals surface area contributed by atoms with Crippen molar-refractivity contribution in [2.45, 2.75) is 19.8 Å². The number of aromatic nitrogens is 1. The summed E-state index contributed by atoms with van der Waals surface area (Å²) in [6, 6.07) is 3.16. The number of anilines is 1. The molecule has 0 aliphatic rings. The van der Waals surface area contributed by atoms with Crippen molar-refractivity contribution in [3.8, 4) is 0 Å². The number of hydrogen-bond acceptors (Lipinski definition) is 4. The fourth-order valence-electron chi connectivity index (χ4n) is 1.62. The van der Waals surface area contributed by atoms with Gasteiger partial charge in [-0.05, 0) is 18.6 Å². The lowest BCUT2D eigenvalue weighted by molar-refractivity contribution is 0.0504. The summed E-state index contributed by atoms with van der Waals surface area (Å²) in [5, 5.41) is 11.9. The van der Waals surface area contributed by atoms with Crippen LogP contribution in [0.3, 0.4) is 0 Å². The van der Waals surface area contributed by atoms with Crippen LogP contribution in [-0.2, 0) is 0 Å². The first kappa shape index (κ1) is 16.3. The van der Waals surface area contributed by atoms with Crippen molar-refractivity contribution in [3.63, 3.8) is 0 Å². The quantitative estimate of drug-likeness (QED) is 0.762. The molecule has 0 unspecified atom stereocenters. The molecule has 0 bridgehead atoms. The molecule has 0 fully saturated rings. The molecule has 0 aliphatic carbocycles. The molecule has 0 aliphatic heterocycles. The summed E-state index contributed by atoms with van der Waals surface area (Å²) >= 11 is 0. The van der Waals surface area contributed by atoms with E-state index in [-0.39, 0.29) is 18.8 Å². The van der Waals surface area contributed by atoms with E-state index >= 15 is 0 Å². The highest BCUT2D eigenvalue weighted by atomic mass is 19.3. The van der Waals surface area contributed by atoms with E-state index in [1.807, 2.05) is 6.92 Å². The van der Waals surface area contributed by atoms with Crippen LogP contribution in [-0.4, -0.2) is 53.6 Å². The highest BCUT2D eigenvalue weighted by molar-refractivity contribution is 5.92. The Morgan fingerprint density at radius 1 is 1.50 bits per heavy atom. The van der Waals surface area contributed by atoms with E-state index in [1.165, 1.54) is 12.3 Å². The van der Waals surface area contributed by atoms with Gasteiger partial charge in [-0.1, -0.05) is 6.92 Å². The summed E-state index contributed by atoms with van der Waals surface area (Å²) in [7, 11) is 0. The molecule has 7 heteroatoms. The van der Waals surface area contributed by atoms with Gasteiger partial charge in [0, 0.05) is 13.1 Å².